The Morgan fingerprint density at radius 1 is 0.727 bits per heavy atom. The number of aryl methyl sites for hydroxylation is 3. The summed E-state index contributed by atoms with van der Waals surface area (Å²) in [5.74, 6) is 1.65. The molecule has 0 aliphatic heterocycles. The van der Waals surface area contributed by atoms with E-state index in [0.29, 0.717) is 0 Å². The van der Waals surface area contributed by atoms with Crippen molar-refractivity contribution in [2.24, 2.45) is 5.92 Å². The van der Waals surface area contributed by atoms with Crippen LogP contribution in [0.4, 0.5) is 4.39 Å². The first-order chi connectivity index (χ1) is 16.2. The highest BCUT2D eigenvalue weighted by Gasteiger charge is 2.22. The van der Waals surface area contributed by atoms with Gasteiger partial charge in [0, 0.05) is 5.39 Å². The fourth-order valence-corrected chi connectivity index (χ4v) is 5.73. The first-order valence-electron chi connectivity index (χ1n) is 13.5. The predicted molar refractivity (Wildman–Crippen MR) is 141 cm³/mol. The Kier molecular flexibility index (Phi) is 8.59. The van der Waals surface area contributed by atoms with Crippen molar-refractivity contribution >= 4 is 10.8 Å². The zero-order valence-corrected chi connectivity index (χ0v) is 20.7. The van der Waals surface area contributed by atoms with Crippen molar-refractivity contribution in [1.82, 2.24) is 0 Å². The zero-order chi connectivity index (χ0) is 23.0. The first kappa shape index (κ1) is 24.0. The van der Waals surface area contributed by atoms with Crippen molar-refractivity contribution in [1.29, 1.82) is 0 Å². The standard InChI is InChI=1S/C32H41F/c1-3-5-6-8-24-9-15-27(16-10-24)28-17-11-25(12-18-28)13-19-29-20-21-30-23-26(7-4-2)14-22-31(30)32(29)33/h11-12,14,17-18,20-24,27H,3-10,13,15-16,19H2,1-2H3. The molecule has 0 spiro atoms. The van der Waals surface area contributed by atoms with Crippen LogP contribution < -0.4 is 0 Å². The lowest BCUT2D eigenvalue weighted by atomic mass is 9.77. The minimum Gasteiger partial charge on any atom is -0.206 e. The van der Waals surface area contributed by atoms with Crippen LogP contribution >= 0.6 is 0 Å². The number of hydrogen-bond acceptors (Lipinski definition) is 0. The third kappa shape index (κ3) is 6.25. The number of unbranched alkanes of at least 4 members (excludes halogenated alkanes) is 2. The van der Waals surface area contributed by atoms with E-state index in [4.69, 9.17) is 0 Å². The van der Waals surface area contributed by atoms with E-state index in [9.17, 15) is 0 Å². The van der Waals surface area contributed by atoms with Crippen LogP contribution in [0.15, 0.2) is 54.6 Å². The van der Waals surface area contributed by atoms with Gasteiger partial charge in [-0.15, -0.1) is 0 Å². The van der Waals surface area contributed by atoms with Gasteiger partial charge in [0.25, 0.3) is 0 Å². The lowest BCUT2D eigenvalue weighted by molar-refractivity contribution is 0.303. The Morgan fingerprint density at radius 3 is 2.21 bits per heavy atom. The molecule has 1 saturated carbocycles. The van der Waals surface area contributed by atoms with Gasteiger partial charge in [-0.3, -0.25) is 0 Å². The highest BCUT2D eigenvalue weighted by atomic mass is 19.1. The van der Waals surface area contributed by atoms with Gasteiger partial charge in [-0.2, -0.15) is 0 Å². The van der Waals surface area contributed by atoms with Crippen LogP contribution in [0.25, 0.3) is 10.8 Å². The van der Waals surface area contributed by atoms with Gasteiger partial charge in [0.2, 0.25) is 0 Å². The summed E-state index contributed by atoms with van der Waals surface area (Å²) in [5.41, 5.74) is 4.94. The number of fused-ring (bicyclic) bond motifs is 1. The van der Waals surface area contributed by atoms with Gasteiger partial charge in [-0.1, -0.05) is 101 Å². The highest BCUT2D eigenvalue weighted by molar-refractivity contribution is 5.84. The zero-order valence-electron chi connectivity index (χ0n) is 20.7. The first-order valence-corrected chi connectivity index (χ1v) is 13.5. The Balaban J connectivity index is 1.32. The van der Waals surface area contributed by atoms with Crippen molar-refractivity contribution in [3.63, 3.8) is 0 Å². The van der Waals surface area contributed by atoms with E-state index in [1.165, 1.54) is 68.1 Å². The van der Waals surface area contributed by atoms with Crippen molar-refractivity contribution < 1.29 is 4.39 Å². The molecule has 176 valence electrons. The average Bonchev–Trinajstić information content (AvgIpc) is 2.85. The minimum atomic E-state index is -0.0390. The SMILES string of the molecule is CCCCCC1CCC(c2ccc(CCc3ccc4cc(CCC)ccc4c3F)cc2)CC1. The second-order valence-electron chi connectivity index (χ2n) is 10.3. The molecule has 0 nitrogen and oxygen atoms in total. The molecule has 1 heteroatoms. The molecule has 0 N–H and O–H groups in total. The lowest BCUT2D eigenvalue weighted by Gasteiger charge is -2.29. The highest BCUT2D eigenvalue weighted by Crippen LogP contribution is 2.37. The molecule has 0 amide bonds. The van der Waals surface area contributed by atoms with Gasteiger partial charge in [0.1, 0.15) is 5.82 Å². The molecular weight excluding hydrogens is 403 g/mol. The largest absolute Gasteiger partial charge is 0.206 e. The molecule has 33 heavy (non-hydrogen) atoms. The molecule has 0 bridgehead atoms. The Bertz CT molecular complexity index is 1010. The molecule has 0 unspecified atom stereocenters. The smallest absolute Gasteiger partial charge is 0.134 e. The number of benzene rings is 3. The van der Waals surface area contributed by atoms with Crippen molar-refractivity contribution in [2.45, 2.75) is 96.8 Å². The molecule has 0 atom stereocenters. The number of halogens is 1. The Morgan fingerprint density at radius 2 is 1.48 bits per heavy atom. The van der Waals surface area contributed by atoms with E-state index in [1.54, 1.807) is 0 Å². The van der Waals surface area contributed by atoms with Crippen LogP contribution in [-0.2, 0) is 19.3 Å². The number of rotatable bonds is 10. The molecule has 0 saturated heterocycles. The maximum absolute atomic E-state index is 15.1. The van der Waals surface area contributed by atoms with E-state index in [2.05, 4.69) is 56.3 Å². The topological polar surface area (TPSA) is 0 Å². The van der Waals surface area contributed by atoms with E-state index >= 15 is 4.39 Å². The predicted octanol–water partition coefficient (Wildman–Crippen LogP) is 9.57. The van der Waals surface area contributed by atoms with Gasteiger partial charge in [0.05, 0.1) is 0 Å². The fourth-order valence-electron chi connectivity index (χ4n) is 5.73. The summed E-state index contributed by atoms with van der Waals surface area (Å²) in [6.45, 7) is 4.47. The van der Waals surface area contributed by atoms with Crippen LogP contribution in [0.5, 0.6) is 0 Å². The molecule has 0 aromatic heterocycles. The van der Waals surface area contributed by atoms with Crippen LogP contribution in [-0.4, -0.2) is 0 Å². The normalized spacial score (nSPS) is 18.6. The Labute approximate surface area is 200 Å². The molecule has 1 aliphatic carbocycles. The van der Waals surface area contributed by atoms with Crippen molar-refractivity contribution in [2.75, 3.05) is 0 Å². The second-order valence-corrected chi connectivity index (χ2v) is 10.3. The van der Waals surface area contributed by atoms with Crippen LogP contribution in [0.2, 0.25) is 0 Å². The summed E-state index contributed by atoms with van der Waals surface area (Å²) in [5, 5.41) is 1.78. The monoisotopic (exact) mass is 444 g/mol. The molecule has 0 heterocycles. The molecule has 1 fully saturated rings. The minimum absolute atomic E-state index is 0.0390. The van der Waals surface area contributed by atoms with Crippen molar-refractivity contribution in [3.8, 4) is 0 Å². The van der Waals surface area contributed by atoms with Gasteiger partial charge in [-0.05, 0) is 84.4 Å². The van der Waals surface area contributed by atoms with E-state index < -0.39 is 0 Å². The molecule has 3 aromatic rings. The summed E-state index contributed by atoms with van der Waals surface area (Å²) < 4.78 is 15.1. The maximum Gasteiger partial charge on any atom is 0.134 e. The second kappa shape index (κ2) is 11.8. The third-order valence-electron chi connectivity index (χ3n) is 7.83. The fraction of sp³-hybridized carbons (Fsp3) is 0.500. The summed E-state index contributed by atoms with van der Waals surface area (Å²) in [6.07, 6.45) is 14.9. The van der Waals surface area contributed by atoms with Crippen LogP contribution in [0.1, 0.15) is 99.8 Å². The Hall–Kier alpha value is -2.15. The van der Waals surface area contributed by atoms with Crippen molar-refractivity contribution in [3.05, 3.63) is 82.7 Å². The van der Waals surface area contributed by atoms with Crippen LogP contribution in [0, 0.1) is 11.7 Å². The van der Waals surface area contributed by atoms with Gasteiger partial charge in [-0.25, -0.2) is 4.39 Å². The molecule has 3 aromatic carbocycles. The average molecular weight is 445 g/mol. The summed E-state index contributed by atoms with van der Waals surface area (Å²) in [7, 11) is 0. The third-order valence-corrected chi connectivity index (χ3v) is 7.83. The summed E-state index contributed by atoms with van der Waals surface area (Å²) in [6, 6.07) is 19.5. The van der Waals surface area contributed by atoms with E-state index in [0.717, 1.165) is 53.9 Å². The molecular formula is C32H41F. The van der Waals surface area contributed by atoms with Gasteiger partial charge >= 0.3 is 0 Å². The quantitative estimate of drug-likeness (QED) is 0.273. The summed E-state index contributed by atoms with van der Waals surface area (Å²) >= 11 is 0. The number of hydrogen-bond donors (Lipinski definition) is 0. The maximum atomic E-state index is 15.1. The van der Waals surface area contributed by atoms with E-state index in [-0.39, 0.29) is 5.82 Å². The van der Waals surface area contributed by atoms with Gasteiger partial charge in [0.15, 0.2) is 0 Å². The molecule has 1 aliphatic rings. The molecule has 0 radical (unpaired) electrons. The van der Waals surface area contributed by atoms with E-state index in [1.807, 2.05) is 12.1 Å². The molecule has 4 rings (SSSR count). The lowest BCUT2D eigenvalue weighted by Crippen LogP contribution is -2.13. The van der Waals surface area contributed by atoms with Gasteiger partial charge < -0.3 is 0 Å². The van der Waals surface area contributed by atoms with Crippen LogP contribution in [0.3, 0.4) is 0 Å². The summed E-state index contributed by atoms with van der Waals surface area (Å²) in [4.78, 5) is 0.